The zero-order valence-electron chi connectivity index (χ0n) is 7.76. The second-order valence-electron chi connectivity index (χ2n) is 3.55. The number of rotatable bonds is 3. The molecule has 3 nitrogen and oxygen atoms in total. The number of halogens is 1. The minimum Gasteiger partial charge on any atom is -0.381 e. The quantitative estimate of drug-likeness (QED) is 0.728. The lowest BCUT2D eigenvalue weighted by atomic mass is 9.93. The van der Waals surface area contributed by atoms with Gasteiger partial charge in [0, 0.05) is 6.04 Å². The van der Waals surface area contributed by atoms with Crippen LogP contribution in [0.15, 0.2) is 23.3 Å². The molecule has 1 aliphatic rings. The Bertz CT molecular complexity index is 347. The van der Waals surface area contributed by atoms with Gasteiger partial charge in [0.05, 0.1) is 16.4 Å². The Balaban J connectivity index is 2.12. The molecule has 0 aromatic heterocycles. The molecule has 0 spiro atoms. The van der Waals surface area contributed by atoms with Crippen molar-refractivity contribution in [1.29, 1.82) is 5.53 Å². The van der Waals surface area contributed by atoms with Gasteiger partial charge in [-0.1, -0.05) is 11.6 Å². The van der Waals surface area contributed by atoms with E-state index in [2.05, 4.69) is 10.4 Å². The molecular formula is C10H12ClN3. The fraction of sp³-hybridized carbons (Fsp3) is 0.400. The third kappa shape index (κ3) is 1.87. The maximum Gasteiger partial charge on any atom is 0.0866 e. The Kier molecular flexibility index (Phi) is 2.68. The largest absolute Gasteiger partial charge is 0.381 e. The van der Waals surface area contributed by atoms with Crippen LogP contribution in [0, 0.1) is 5.53 Å². The summed E-state index contributed by atoms with van der Waals surface area (Å²) in [6.07, 6.45) is 3.75. The molecular weight excluding hydrogens is 198 g/mol. The highest BCUT2D eigenvalue weighted by Gasteiger charge is 2.17. The molecule has 0 atom stereocenters. The van der Waals surface area contributed by atoms with Crippen LogP contribution in [0.1, 0.15) is 19.3 Å². The van der Waals surface area contributed by atoms with Gasteiger partial charge in [0.2, 0.25) is 0 Å². The van der Waals surface area contributed by atoms with Crippen LogP contribution in [0.3, 0.4) is 0 Å². The van der Waals surface area contributed by atoms with E-state index in [4.69, 9.17) is 17.1 Å². The Morgan fingerprint density at radius 2 is 2.21 bits per heavy atom. The smallest absolute Gasteiger partial charge is 0.0866 e. The van der Waals surface area contributed by atoms with Crippen LogP contribution in [0.2, 0.25) is 5.02 Å². The second-order valence-corrected chi connectivity index (χ2v) is 3.96. The van der Waals surface area contributed by atoms with Gasteiger partial charge < -0.3 is 5.32 Å². The highest BCUT2D eigenvalue weighted by atomic mass is 35.5. The van der Waals surface area contributed by atoms with Crippen molar-refractivity contribution in [1.82, 2.24) is 0 Å². The van der Waals surface area contributed by atoms with Gasteiger partial charge in [0.25, 0.3) is 0 Å². The summed E-state index contributed by atoms with van der Waals surface area (Å²) in [6.45, 7) is 0. The van der Waals surface area contributed by atoms with Gasteiger partial charge in [0.15, 0.2) is 0 Å². The summed E-state index contributed by atoms with van der Waals surface area (Å²) in [5.74, 6) is 0. The second kappa shape index (κ2) is 3.96. The van der Waals surface area contributed by atoms with Crippen molar-refractivity contribution >= 4 is 23.0 Å². The van der Waals surface area contributed by atoms with Gasteiger partial charge in [-0.2, -0.15) is 5.11 Å². The van der Waals surface area contributed by atoms with Gasteiger partial charge in [-0.15, -0.1) is 0 Å². The Morgan fingerprint density at radius 3 is 2.71 bits per heavy atom. The third-order valence-electron chi connectivity index (χ3n) is 2.55. The topological polar surface area (TPSA) is 48.2 Å². The van der Waals surface area contributed by atoms with Crippen LogP contribution in [-0.4, -0.2) is 6.04 Å². The van der Waals surface area contributed by atoms with Crippen molar-refractivity contribution in [2.45, 2.75) is 25.3 Å². The normalized spacial score (nSPS) is 16.1. The average Bonchev–Trinajstić information content (AvgIpc) is 2.13. The maximum atomic E-state index is 6.85. The summed E-state index contributed by atoms with van der Waals surface area (Å²) < 4.78 is 0. The third-order valence-corrected chi connectivity index (χ3v) is 2.86. The molecule has 74 valence electrons. The molecule has 2 rings (SSSR count). The maximum absolute atomic E-state index is 6.85. The molecule has 1 fully saturated rings. The van der Waals surface area contributed by atoms with Crippen molar-refractivity contribution in [3.8, 4) is 0 Å². The molecule has 4 heteroatoms. The molecule has 0 saturated heterocycles. The highest BCUT2D eigenvalue weighted by molar-refractivity contribution is 6.33. The van der Waals surface area contributed by atoms with Crippen LogP contribution in [-0.2, 0) is 0 Å². The van der Waals surface area contributed by atoms with Crippen molar-refractivity contribution in [3.05, 3.63) is 23.2 Å². The minimum atomic E-state index is 0.575. The van der Waals surface area contributed by atoms with E-state index >= 15 is 0 Å². The van der Waals surface area contributed by atoms with Crippen molar-refractivity contribution in [2.75, 3.05) is 5.32 Å². The first kappa shape index (κ1) is 9.46. The molecule has 1 aromatic rings. The highest BCUT2D eigenvalue weighted by Crippen LogP contribution is 2.30. The van der Waals surface area contributed by atoms with Crippen LogP contribution < -0.4 is 5.32 Å². The molecule has 2 N–H and O–H groups in total. The standard InChI is InChI=1S/C10H12ClN3/c11-9-6-8(14-12)4-5-10(9)13-7-2-1-3-7/h4-7,12-13H,1-3H2. The van der Waals surface area contributed by atoms with Gasteiger partial charge in [-0.05, 0) is 37.5 Å². The first-order valence-corrected chi connectivity index (χ1v) is 5.11. The number of anilines is 1. The molecule has 1 saturated carbocycles. The molecule has 1 aromatic carbocycles. The van der Waals surface area contributed by atoms with Gasteiger partial charge in [-0.25, -0.2) is 5.53 Å². The molecule has 0 amide bonds. The summed E-state index contributed by atoms with van der Waals surface area (Å²) in [6, 6.07) is 5.95. The summed E-state index contributed by atoms with van der Waals surface area (Å²) >= 11 is 6.03. The molecule has 0 bridgehead atoms. The van der Waals surface area contributed by atoms with E-state index in [1.165, 1.54) is 19.3 Å². The lowest BCUT2D eigenvalue weighted by molar-refractivity contribution is 0.445. The monoisotopic (exact) mass is 209 g/mol. The fourth-order valence-corrected chi connectivity index (χ4v) is 1.69. The zero-order chi connectivity index (χ0) is 9.97. The van der Waals surface area contributed by atoms with Crippen molar-refractivity contribution < 1.29 is 0 Å². The summed E-state index contributed by atoms with van der Waals surface area (Å²) in [7, 11) is 0. The van der Waals surface area contributed by atoms with E-state index < -0.39 is 0 Å². The van der Waals surface area contributed by atoms with E-state index in [1.54, 1.807) is 12.1 Å². The summed E-state index contributed by atoms with van der Waals surface area (Å²) in [5, 5.41) is 7.33. The van der Waals surface area contributed by atoms with E-state index in [0.29, 0.717) is 16.8 Å². The molecule has 0 aliphatic heterocycles. The number of nitrogens with one attached hydrogen (secondary N) is 2. The lowest BCUT2D eigenvalue weighted by Crippen LogP contribution is -2.27. The van der Waals surface area contributed by atoms with Crippen molar-refractivity contribution in [2.24, 2.45) is 5.11 Å². The Labute approximate surface area is 88.0 Å². The van der Waals surface area contributed by atoms with Crippen LogP contribution in [0.25, 0.3) is 0 Å². The molecule has 0 radical (unpaired) electrons. The molecule has 14 heavy (non-hydrogen) atoms. The molecule has 0 unspecified atom stereocenters. The van der Waals surface area contributed by atoms with Gasteiger partial charge >= 0.3 is 0 Å². The predicted molar refractivity (Wildman–Crippen MR) is 57.5 cm³/mol. The van der Waals surface area contributed by atoms with E-state index in [-0.39, 0.29) is 0 Å². The van der Waals surface area contributed by atoms with Gasteiger partial charge in [0.1, 0.15) is 0 Å². The lowest BCUT2D eigenvalue weighted by Gasteiger charge is -2.27. The van der Waals surface area contributed by atoms with Crippen LogP contribution in [0.5, 0.6) is 0 Å². The summed E-state index contributed by atoms with van der Waals surface area (Å²) in [4.78, 5) is 0. The van der Waals surface area contributed by atoms with Crippen LogP contribution in [0.4, 0.5) is 11.4 Å². The van der Waals surface area contributed by atoms with Crippen LogP contribution >= 0.6 is 11.6 Å². The Morgan fingerprint density at radius 1 is 1.43 bits per heavy atom. The number of nitrogens with zero attached hydrogens (tertiary/aromatic N) is 1. The predicted octanol–water partition coefficient (Wildman–Crippen LogP) is 3.97. The first-order chi connectivity index (χ1) is 6.79. The number of hydrogen-bond donors (Lipinski definition) is 2. The van der Waals surface area contributed by atoms with E-state index in [9.17, 15) is 0 Å². The average molecular weight is 210 g/mol. The number of benzene rings is 1. The van der Waals surface area contributed by atoms with Crippen molar-refractivity contribution in [3.63, 3.8) is 0 Å². The fourth-order valence-electron chi connectivity index (χ4n) is 1.46. The first-order valence-electron chi connectivity index (χ1n) is 4.73. The SMILES string of the molecule is N=Nc1ccc(NC2CCC2)c(Cl)c1. The molecule has 0 heterocycles. The minimum absolute atomic E-state index is 0.575. The summed E-state index contributed by atoms with van der Waals surface area (Å²) in [5.41, 5.74) is 8.39. The molecule has 1 aliphatic carbocycles. The van der Waals surface area contributed by atoms with E-state index in [1.807, 2.05) is 6.07 Å². The van der Waals surface area contributed by atoms with E-state index in [0.717, 1.165) is 5.69 Å². The van der Waals surface area contributed by atoms with Gasteiger partial charge in [-0.3, -0.25) is 0 Å². The number of hydrogen-bond acceptors (Lipinski definition) is 3. The Hall–Kier alpha value is -1.09. The zero-order valence-corrected chi connectivity index (χ0v) is 8.51.